The van der Waals surface area contributed by atoms with E-state index in [2.05, 4.69) is 5.32 Å². The molecule has 0 spiro atoms. The molecule has 1 aliphatic rings. The largest absolute Gasteiger partial charge is 0.379 e. The first-order valence-electron chi connectivity index (χ1n) is 7.06. The van der Waals surface area contributed by atoms with Crippen LogP contribution in [0.1, 0.15) is 40.0 Å². The van der Waals surface area contributed by atoms with Gasteiger partial charge in [-0.05, 0) is 45.6 Å². The number of primary amides is 1. The van der Waals surface area contributed by atoms with E-state index in [9.17, 15) is 4.79 Å². The fourth-order valence-corrected chi connectivity index (χ4v) is 2.22. The summed E-state index contributed by atoms with van der Waals surface area (Å²) in [4.78, 5) is 11.8. The molecule has 0 aromatic heterocycles. The Morgan fingerprint density at radius 1 is 1.42 bits per heavy atom. The summed E-state index contributed by atoms with van der Waals surface area (Å²) in [5, 5.41) is 3.24. The van der Waals surface area contributed by atoms with E-state index in [0.717, 1.165) is 19.3 Å². The smallest absolute Gasteiger partial charge is 0.240 e. The lowest BCUT2D eigenvalue weighted by Crippen LogP contribution is -2.60. The van der Waals surface area contributed by atoms with Crippen LogP contribution in [-0.2, 0) is 14.3 Å². The van der Waals surface area contributed by atoms with E-state index in [1.807, 2.05) is 20.8 Å². The Hall–Kier alpha value is -0.650. The monoisotopic (exact) mass is 272 g/mol. The van der Waals surface area contributed by atoms with Gasteiger partial charge in [0.1, 0.15) is 5.54 Å². The lowest BCUT2D eigenvalue weighted by Gasteiger charge is -2.32. The average molecular weight is 272 g/mol. The van der Waals surface area contributed by atoms with Crippen LogP contribution < -0.4 is 11.1 Å². The SMILES string of the molecule is CCNC(COCCC(C)(C)OC)(C(N)=O)C1CC1. The topological polar surface area (TPSA) is 73.6 Å². The zero-order valence-corrected chi connectivity index (χ0v) is 12.6. The lowest BCUT2D eigenvalue weighted by molar-refractivity contribution is -0.128. The van der Waals surface area contributed by atoms with Gasteiger partial charge in [0.25, 0.3) is 0 Å². The van der Waals surface area contributed by atoms with Crippen LogP contribution in [0.3, 0.4) is 0 Å². The van der Waals surface area contributed by atoms with Gasteiger partial charge in [0.05, 0.1) is 12.2 Å². The highest BCUT2D eigenvalue weighted by molar-refractivity contribution is 5.85. The Bertz CT molecular complexity index is 303. The molecule has 1 saturated carbocycles. The number of hydrogen-bond donors (Lipinski definition) is 2. The molecule has 0 aromatic rings. The molecule has 0 saturated heterocycles. The van der Waals surface area contributed by atoms with Gasteiger partial charge in [-0.25, -0.2) is 0 Å². The minimum atomic E-state index is -0.689. The Kier molecular flexibility index (Phi) is 5.77. The maximum atomic E-state index is 11.8. The van der Waals surface area contributed by atoms with Gasteiger partial charge >= 0.3 is 0 Å². The summed E-state index contributed by atoms with van der Waals surface area (Å²) in [6.07, 6.45) is 2.88. The Morgan fingerprint density at radius 3 is 2.47 bits per heavy atom. The van der Waals surface area contributed by atoms with E-state index >= 15 is 0 Å². The van der Waals surface area contributed by atoms with Crippen molar-refractivity contribution < 1.29 is 14.3 Å². The molecule has 3 N–H and O–H groups in total. The highest BCUT2D eigenvalue weighted by atomic mass is 16.5. The molecule has 0 aliphatic heterocycles. The van der Waals surface area contributed by atoms with Crippen LogP contribution >= 0.6 is 0 Å². The minimum Gasteiger partial charge on any atom is -0.379 e. The number of carbonyl (C=O) groups excluding carboxylic acids is 1. The highest BCUT2D eigenvalue weighted by Crippen LogP contribution is 2.40. The van der Waals surface area contributed by atoms with Crippen LogP contribution in [0.5, 0.6) is 0 Å². The number of ether oxygens (including phenoxy) is 2. The van der Waals surface area contributed by atoms with E-state index in [0.29, 0.717) is 25.7 Å². The standard InChI is InChI=1S/C14H28N2O3/c1-5-16-14(12(15)17,11-6-7-11)10-19-9-8-13(2,3)18-4/h11,16H,5-10H2,1-4H3,(H2,15,17). The van der Waals surface area contributed by atoms with Gasteiger partial charge in [0.2, 0.25) is 5.91 Å². The third kappa shape index (κ3) is 4.44. The summed E-state index contributed by atoms with van der Waals surface area (Å²) in [6, 6.07) is 0. The molecular formula is C14H28N2O3. The fraction of sp³-hybridized carbons (Fsp3) is 0.929. The van der Waals surface area contributed by atoms with Crippen molar-refractivity contribution in [3.63, 3.8) is 0 Å². The number of nitrogens with two attached hydrogens (primary N) is 1. The molecule has 0 bridgehead atoms. The molecule has 0 aromatic carbocycles. The molecule has 19 heavy (non-hydrogen) atoms. The van der Waals surface area contributed by atoms with E-state index in [1.54, 1.807) is 7.11 Å². The summed E-state index contributed by atoms with van der Waals surface area (Å²) in [6.45, 7) is 7.64. The number of carbonyl (C=O) groups is 1. The Balaban J connectivity index is 2.48. The van der Waals surface area contributed by atoms with Crippen molar-refractivity contribution >= 4 is 5.91 Å². The third-order valence-electron chi connectivity index (χ3n) is 3.94. The summed E-state index contributed by atoms with van der Waals surface area (Å²) in [7, 11) is 1.69. The van der Waals surface area contributed by atoms with E-state index in [4.69, 9.17) is 15.2 Å². The number of amides is 1. The van der Waals surface area contributed by atoms with Crippen molar-refractivity contribution in [3.8, 4) is 0 Å². The molecule has 0 heterocycles. The first-order valence-corrected chi connectivity index (χ1v) is 7.06. The fourth-order valence-electron chi connectivity index (χ4n) is 2.22. The third-order valence-corrected chi connectivity index (χ3v) is 3.94. The van der Waals surface area contributed by atoms with Crippen molar-refractivity contribution in [2.75, 3.05) is 26.9 Å². The molecule has 0 radical (unpaired) electrons. The molecule has 5 heteroatoms. The van der Waals surface area contributed by atoms with Gasteiger partial charge < -0.3 is 20.5 Å². The zero-order chi connectivity index (χ0) is 14.5. The van der Waals surface area contributed by atoms with Crippen LogP contribution in [0, 0.1) is 5.92 Å². The average Bonchev–Trinajstić information content (AvgIpc) is 3.17. The molecular weight excluding hydrogens is 244 g/mol. The molecule has 1 amide bonds. The Morgan fingerprint density at radius 2 is 2.05 bits per heavy atom. The molecule has 112 valence electrons. The first-order chi connectivity index (χ1) is 8.88. The van der Waals surface area contributed by atoms with Crippen LogP contribution in [0.2, 0.25) is 0 Å². The first kappa shape index (κ1) is 16.4. The summed E-state index contributed by atoms with van der Waals surface area (Å²) >= 11 is 0. The maximum Gasteiger partial charge on any atom is 0.240 e. The summed E-state index contributed by atoms with van der Waals surface area (Å²) in [5.41, 5.74) is 4.70. The summed E-state index contributed by atoms with van der Waals surface area (Å²) in [5.74, 6) is 0.0169. The molecule has 1 fully saturated rings. The van der Waals surface area contributed by atoms with E-state index < -0.39 is 5.54 Å². The second-order valence-electron chi connectivity index (χ2n) is 5.91. The van der Waals surface area contributed by atoms with Crippen LogP contribution in [0.25, 0.3) is 0 Å². The second kappa shape index (κ2) is 6.68. The van der Waals surface area contributed by atoms with Gasteiger partial charge in [0.15, 0.2) is 0 Å². The van der Waals surface area contributed by atoms with Gasteiger partial charge in [-0.1, -0.05) is 6.92 Å². The number of likely N-dealkylation sites (N-methyl/N-ethyl adjacent to an activating group) is 1. The van der Waals surface area contributed by atoms with Crippen molar-refractivity contribution in [1.29, 1.82) is 0 Å². The molecule has 1 unspecified atom stereocenters. The number of hydrogen-bond acceptors (Lipinski definition) is 4. The highest BCUT2D eigenvalue weighted by Gasteiger charge is 2.49. The van der Waals surface area contributed by atoms with Gasteiger partial charge in [-0.15, -0.1) is 0 Å². The van der Waals surface area contributed by atoms with Crippen molar-refractivity contribution in [3.05, 3.63) is 0 Å². The molecule has 1 atom stereocenters. The minimum absolute atomic E-state index is 0.201. The molecule has 1 rings (SSSR count). The molecule has 5 nitrogen and oxygen atoms in total. The second-order valence-corrected chi connectivity index (χ2v) is 5.91. The normalized spacial score (nSPS) is 19.2. The quantitative estimate of drug-likeness (QED) is 0.583. The number of rotatable bonds is 10. The van der Waals surface area contributed by atoms with Gasteiger partial charge in [-0.2, -0.15) is 0 Å². The van der Waals surface area contributed by atoms with Gasteiger partial charge in [-0.3, -0.25) is 4.79 Å². The number of nitrogens with one attached hydrogen (secondary N) is 1. The Labute approximate surface area is 116 Å². The number of methoxy groups -OCH3 is 1. The van der Waals surface area contributed by atoms with Crippen molar-refractivity contribution in [2.24, 2.45) is 11.7 Å². The van der Waals surface area contributed by atoms with Crippen molar-refractivity contribution in [2.45, 2.75) is 51.2 Å². The van der Waals surface area contributed by atoms with Crippen LogP contribution in [0.4, 0.5) is 0 Å². The molecule has 1 aliphatic carbocycles. The maximum absolute atomic E-state index is 11.8. The predicted octanol–water partition coefficient (Wildman–Crippen LogP) is 1.06. The summed E-state index contributed by atoms with van der Waals surface area (Å²) < 4.78 is 11.0. The van der Waals surface area contributed by atoms with E-state index in [1.165, 1.54) is 0 Å². The van der Waals surface area contributed by atoms with Crippen LogP contribution in [-0.4, -0.2) is 43.9 Å². The zero-order valence-electron chi connectivity index (χ0n) is 12.6. The van der Waals surface area contributed by atoms with Crippen LogP contribution in [0.15, 0.2) is 0 Å². The lowest BCUT2D eigenvalue weighted by atomic mass is 9.93. The van der Waals surface area contributed by atoms with Crippen molar-refractivity contribution in [1.82, 2.24) is 5.32 Å². The van der Waals surface area contributed by atoms with E-state index in [-0.39, 0.29) is 11.5 Å². The predicted molar refractivity (Wildman–Crippen MR) is 74.9 cm³/mol. The van der Waals surface area contributed by atoms with Gasteiger partial charge in [0, 0.05) is 13.7 Å².